The highest BCUT2D eigenvalue weighted by Crippen LogP contribution is 2.40. The maximum absolute atomic E-state index is 12.7. The molecule has 0 radical (unpaired) electrons. The third-order valence-electron chi connectivity index (χ3n) is 8.03. The zero-order valence-electron chi connectivity index (χ0n) is 24.7. The van der Waals surface area contributed by atoms with Crippen LogP contribution >= 0.6 is 0 Å². The number of benzene rings is 2. The Morgan fingerprint density at radius 2 is 1.79 bits per heavy atom. The summed E-state index contributed by atoms with van der Waals surface area (Å²) in [5.41, 5.74) is 2.01. The Bertz CT molecular complexity index is 1620. The Morgan fingerprint density at radius 3 is 2.45 bits per heavy atom. The Labute approximate surface area is 247 Å². The second-order valence-corrected chi connectivity index (χ2v) is 12.3. The van der Waals surface area contributed by atoms with Crippen LogP contribution in [0, 0.1) is 0 Å². The summed E-state index contributed by atoms with van der Waals surface area (Å²) < 4.78 is 42.6. The van der Waals surface area contributed by atoms with Crippen LogP contribution in [-0.4, -0.2) is 86.0 Å². The number of nitrogens with zero attached hydrogens (tertiary/aromatic N) is 5. The number of aromatic nitrogens is 3. The van der Waals surface area contributed by atoms with Crippen LogP contribution in [0.15, 0.2) is 60.1 Å². The molecule has 11 nitrogen and oxygen atoms in total. The van der Waals surface area contributed by atoms with Crippen LogP contribution < -0.4 is 19.1 Å². The zero-order chi connectivity index (χ0) is 29.9. The Morgan fingerprint density at radius 1 is 1.02 bits per heavy atom. The van der Waals surface area contributed by atoms with Gasteiger partial charge in [-0.1, -0.05) is 19.1 Å². The molecule has 1 fully saturated rings. The number of hydrogen-bond acceptors (Lipinski definition) is 8. The van der Waals surface area contributed by atoms with Crippen LogP contribution in [0.2, 0.25) is 0 Å². The summed E-state index contributed by atoms with van der Waals surface area (Å²) in [5, 5.41) is 13.3. The predicted octanol–water partition coefficient (Wildman–Crippen LogP) is 3.59. The maximum Gasteiger partial charge on any atom is 0.259 e. The molecule has 0 aliphatic carbocycles. The molecule has 0 saturated carbocycles. The van der Waals surface area contributed by atoms with Crippen LogP contribution in [0.1, 0.15) is 31.4 Å². The van der Waals surface area contributed by atoms with E-state index in [0.717, 1.165) is 54.7 Å². The van der Waals surface area contributed by atoms with Crippen molar-refractivity contribution in [3.8, 4) is 17.4 Å². The van der Waals surface area contributed by atoms with E-state index in [4.69, 9.17) is 9.47 Å². The molecule has 12 heteroatoms. The van der Waals surface area contributed by atoms with Crippen molar-refractivity contribution in [1.29, 1.82) is 0 Å². The monoisotopic (exact) mass is 596 g/mol. The summed E-state index contributed by atoms with van der Waals surface area (Å²) in [7, 11) is 1.19. The molecule has 1 aliphatic rings. The fraction of sp³-hybridized carbons (Fsp3) is 0.433. The van der Waals surface area contributed by atoms with Crippen molar-refractivity contribution in [2.75, 3.05) is 58.4 Å². The number of hydrogen-bond donors (Lipinski definition) is 2. The first-order chi connectivity index (χ1) is 20.2. The molecule has 0 unspecified atom stereocenters. The second kappa shape index (κ2) is 12.6. The van der Waals surface area contributed by atoms with Gasteiger partial charge in [0.05, 0.1) is 26.6 Å². The lowest BCUT2D eigenvalue weighted by Crippen LogP contribution is -2.46. The molecule has 2 aromatic heterocycles. The molecular formula is C30H40N6O5S. The van der Waals surface area contributed by atoms with E-state index in [1.807, 2.05) is 41.1 Å². The third-order valence-corrected chi connectivity index (χ3v) is 9.37. The number of methoxy groups -OCH3 is 2. The highest BCUT2D eigenvalue weighted by molar-refractivity contribution is 7.89. The van der Waals surface area contributed by atoms with E-state index in [-0.39, 0.29) is 23.5 Å². The smallest absolute Gasteiger partial charge is 0.259 e. The van der Waals surface area contributed by atoms with E-state index >= 15 is 0 Å². The van der Waals surface area contributed by atoms with Gasteiger partial charge in [0.2, 0.25) is 0 Å². The first-order valence-corrected chi connectivity index (χ1v) is 15.7. The predicted molar refractivity (Wildman–Crippen MR) is 163 cm³/mol. The summed E-state index contributed by atoms with van der Waals surface area (Å²) in [6.45, 7) is 7.30. The molecule has 2 N–H and O–H groups in total. The van der Waals surface area contributed by atoms with E-state index in [9.17, 15) is 13.5 Å². The summed E-state index contributed by atoms with van der Waals surface area (Å²) in [6, 6.07) is 11.5. The minimum Gasteiger partial charge on any atom is -0.494 e. The number of ether oxygens (including phenoxy) is 2. The molecule has 1 atom stereocenters. The number of piperazine rings is 1. The summed E-state index contributed by atoms with van der Waals surface area (Å²) in [5.74, 6) is 1.37. The molecule has 1 aliphatic heterocycles. The van der Waals surface area contributed by atoms with Crippen molar-refractivity contribution < 1.29 is 23.0 Å². The third kappa shape index (κ3) is 6.06. The Kier molecular flexibility index (Phi) is 8.95. The van der Waals surface area contributed by atoms with Gasteiger partial charge in [0.15, 0.2) is 22.4 Å². The standard InChI is InChI=1S/C30H40N6O5S/c1-5-34-14-16-35(17-15-34)26-9-6-8-23-24(26)19-36(30(23)37)25(22-11-12-27(40-3)28(18-22)41-4)10-7-13-32-42(38,39)29-20-33(2)21-31-29/h6,8-9,11-12,18-21,25,32,37H,5,7,10,13-17H2,1-4H3/t25-/m1/s1. The van der Waals surface area contributed by atoms with Gasteiger partial charge in [-0.2, -0.15) is 0 Å². The summed E-state index contributed by atoms with van der Waals surface area (Å²) in [6.07, 6.45) is 6.02. The second-order valence-electron chi connectivity index (χ2n) is 10.6. The average Bonchev–Trinajstić information content (AvgIpc) is 3.60. The number of likely N-dealkylation sites (N-methyl/N-ethyl adjacent to an activating group) is 1. The van der Waals surface area contributed by atoms with Gasteiger partial charge in [0, 0.05) is 68.6 Å². The Hall–Kier alpha value is -3.74. The van der Waals surface area contributed by atoms with Gasteiger partial charge in [0.1, 0.15) is 0 Å². The number of aromatic hydroxyl groups is 1. The van der Waals surface area contributed by atoms with E-state index < -0.39 is 10.0 Å². The van der Waals surface area contributed by atoms with Crippen molar-refractivity contribution >= 4 is 26.5 Å². The number of aryl methyl sites for hydroxylation is 1. The van der Waals surface area contributed by atoms with E-state index in [1.54, 1.807) is 25.8 Å². The minimum absolute atomic E-state index is 0.0111. The minimum atomic E-state index is -3.72. The fourth-order valence-electron chi connectivity index (χ4n) is 5.67. The topological polar surface area (TPSA) is 114 Å². The highest BCUT2D eigenvalue weighted by atomic mass is 32.2. The fourth-order valence-corrected chi connectivity index (χ4v) is 6.72. The molecule has 42 heavy (non-hydrogen) atoms. The highest BCUT2D eigenvalue weighted by Gasteiger charge is 2.25. The number of fused-ring (bicyclic) bond motifs is 1. The van der Waals surface area contributed by atoms with Gasteiger partial charge in [-0.05, 0) is 49.2 Å². The molecule has 2 aromatic carbocycles. The van der Waals surface area contributed by atoms with Crippen molar-refractivity contribution in [3.05, 3.63) is 60.7 Å². The van der Waals surface area contributed by atoms with E-state index in [2.05, 4.69) is 32.5 Å². The first-order valence-electron chi connectivity index (χ1n) is 14.2. The van der Waals surface area contributed by atoms with Gasteiger partial charge >= 0.3 is 0 Å². The molecule has 5 rings (SSSR count). The lowest BCUT2D eigenvalue weighted by atomic mass is 10.0. The molecule has 226 valence electrons. The summed E-state index contributed by atoms with van der Waals surface area (Å²) in [4.78, 5) is 8.79. The number of imidazole rings is 1. The number of nitrogens with one attached hydrogen (secondary N) is 1. The number of sulfonamides is 1. The zero-order valence-corrected chi connectivity index (χ0v) is 25.5. The van der Waals surface area contributed by atoms with Gasteiger partial charge in [0.25, 0.3) is 10.0 Å². The van der Waals surface area contributed by atoms with E-state index in [0.29, 0.717) is 24.3 Å². The molecule has 4 aromatic rings. The number of anilines is 1. The largest absolute Gasteiger partial charge is 0.494 e. The van der Waals surface area contributed by atoms with Gasteiger partial charge in [-0.3, -0.25) is 0 Å². The molecule has 0 bridgehead atoms. The first kappa shape index (κ1) is 29.7. The van der Waals surface area contributed by atoms with Crippen molar-refractivity contribution in [1.82, 2.24) is 23.7 Å². The number of rotatable bonds is 12. The molecular weight excluding hydrogens is 556 g/mol. The average molecular weight is 597 g/mol. The van der Waals surface area contributed by atoms with Crippen molar-refractivity contribution in [3.63, 3.8) is 0 Å². The molecule has 3 heterocycles. The van der Waals surface area contributed by atoms with Crippen LogP contribution in [-0.2, 0) is 17.1 Å². The maximum atomic E-state index is 12.7. The van der Waals surface area contributed by atoms with Gasteiger partial charge in [-0.15, -0.1) is 0 Å². The van der Waals surface area contributed by atoms with Crippen molar-refractivity contribution in [2.45, 2.75) is 30.8 Å². The van der Waals surface area contributed by atoms with Crippen LogP contribution in [0.25, 0.3) is 10.8 Å². The molecule has 1 saturated heterocycles. The van der Waals surface area contributed by atoms with Crippen LogP contribution in [0.3, 0.4) is 0 Å². The lowest BCUT2D eigenvalue weighted by molar-refractivity contribution is 0.271. The van der Waals surface area contributed by atoms with Crippen molar-refractivity contribution in [2.24, 2.45) is 7.05 Å². The molecule has 0 amide bonds. The Balaban J connectivity index is 1.45. The van der Waals surface area contributed by atoms with E-state index in [1.165, 1.54) is 12.5 Å². The SMILES string of the molecule is CCN1CCN(c2cccc3c(O)n([C@H](CCCNS(=O)(=O)c4cn(C)cn4)c4ccc(OC)c(OC)c4)cc23)CC1. The lowest BCUT2D eigenvalue weighted by Gasteiger charge is -2.35. The van der Waals surface area contributed by atoms with Gasteiger partial charge < -0.3 is 33.5 Å². The quantitative estimate of drug-likeness (QED) is 0.239. The van der Waals surface area contributed by atoms with Gasteiger partial charge in [-0.25, -0.2) is 18.1 Å². The summed E-state index contributed by atoms with van der Waals surface area (Å²) >= 11 is 0. The van der Waals surface area contributed by atoms with Crippen LogP contribution in [0.5, 0.6) is 17.4 Å². The van der Waals surface area contributed by atoms with Crippen LogP contribution in [0.4, 0.5) is 5.69 Å². The normalized spacial score (nSPS) is 15.3. The molecule has 0 spiro atoms.